The van der Waals surface area contributed by atoms with Gasteiger partial charge in [-0.2, -0.15) is 0 Å². The smallest absolute Gasteiger partial charge is 0.335 e. The van der Waals surface area contributed by atoms with E-state index in [4.69, 9.17) is 5.11 Å². The number of aromatic carboxylic acids is 1. The second-order valence-electron chi connectivity index (χ2n) is 4.74. The maximum Gasteiger partial charge on any atom is 0.335 e. The number of rotatable bonds is 5. The molecule has 0 heterocycles. The molecule has 0 saturated heterocycles. The molecule has 0 fully saturated rings. The van der Waals surface area contributed by atoms with Gasteiger partial charge in [-0.1, -0.05) is 26.8 Å². The van der Waals surface area contributed by atoms with E-state index in [2.05, 4.69) is 26.1 Å². The van der Waals surface area contributed by atoms with Gasteiger partial charge < -0.3 is 10.4 Å². The maximum atomic E-state index is 10.9. The van der Waals surface area contributed by atoms with Crippen LogP contribution in [0.4, 0.5) is 5.69 Å². The third-order valence-corrected chi connectivity index (χ3v) is 3.07. The van der Waals surface area contributed by atoms with E-state index >= 15 is 0 Å². The minimum atomic E-state index is -0.884. The Morgan fingerprint density at radius 2 is 2.06 bits per heavy atom. The van der Waals surface area contributed by atoms with Crippen molar-refractivity contribution in [2.45, 2.75) is 40.2 Å². The number of benzene rings is 1. The summed E-state index contributed by atoms with van der Waals surface area (Å²) in [6.45, 7) is 8.45. The van der Waals surface area contributed by atoms with Gasteiger partial charge in [-0.25, -0.2) is 4.79 Å². The quantitative estimate of drug-likeness (QED) is 0.820. The lowest BCUT2D eigenvalue weighted by atomic mass is 10.0. The Hall–Kier alpha value is -1.51. The molecule has 0 aliphatic carbocycles. The SMILES string of the molecule is CCC(Nc1cc(C(=O)O)ccc1C)C(C)C. The minimum Gasteiger partial charge on any atom is -0.478 e. The van der Waals surface area contributed by atoms with Crippen LogP contribution in [0.15, 0.2) is 18.2 Å². The second-order valence-corrected chi connectivity index (χ2v) is 4.74. The Morgan fingerprint density at radius 1 is 1.41 bits per heavy atom. The number of aryl methyl sites for hydroxylation is 1. The van der Waals surface area contributed by atoms with Crippen LogP contribution in [-0.4, -0.2) is 17.1 Å². The lowest BCUT2D eigenvalue weighted by molar-refractivity contribution is 0.0697. The van der Waals surface area contributed by atoms with E-state index in [9.17, 15) is 4.79 Å². The highest BCUT2D eigenvalue weighted by Gasteiger charge is 2.13. The van der Waals surface area contributed by atoms with Crippen LogP contribution in [0.25, 0.3) is 0 Å². The fraction of sp³-hybridized carbons (Fsp3) is 0.500. The molecule has 1 rings (SSSR count). The first kappa shape index (κ1) is 13.6. The summed E-state index contributed by atoms with van der Waals surface area (Å²) in [6, 6.07) is 5.57. The Labute approximate surface area is 103 Å². The van der Waals surface area contributed by atoms with Gasteiger partial charge in [0.05, 0.1) is 5.56 Å². The molecule has 0 radical (unpaired) electrons. The number of carboxylic acids is 1. The molecule has 94 valence electrons. The van der Waals surface area contributed by atoms with Crippen molar-refractivity contribution in [3.8, 4) is 0 Å². The fourth-order valence-electron chi connectivity index (χ4n) is 1.85. The lowest BCUT2D eigenvalue weighted by Gasteiger charge is -2.23. The molecule has 2 N–H and O–H groups in total. The lowest BCUT2D eigenvalue weighted by Crippen LogP contribution is -2.25. The Balaban J connectivity index is 2.96. The van der Waals surface area contributed by atoms with Crippen molar-refractivity contribution in [2.75, 3.05) is 5.32 Å². The van der Waals surface area contributed by atoms with Gasteiger partial charge in [-0.15, -0.1) is 0 Å². The molecule has 17 heavy (non-hydrogen) atoms. The van der Waals surface area contributed by atoms with E-state index in [0.717, 1.165) is 17.7 Å². The highest BCUT2D eigenvalue weighted by atomic mass is 16.4. The molecule has 1 aromatic rings. The fourth-order valence-corrected chi connectivity index (χ4v) is 1.85. The number of nitrogens with one attached hydrogen (secondary N) is 1. The summed E-state index contributed by atoms with van der Waals surface area (Å²) >= 11 is 0. The number of anilines is 1. The summed E-state index contributed by atoms with van der Waals surface area (Å²) in [5.74, 6) is -0.362. The molecule has 0 amide bonds. The molecule has 0 aliphatic rings. The van der Waals surface area contributed by atoms with Gasteiger partial charge in [0, 0.05) is 11.7 Å². The van der Waals surface area contributed by atoms with E-state index in [0.29, 0.717) is 17.5 Å². The van der Waals surface area contributed by atoms with Crippen LogP contribution >= 0.6 is 0 Å². The van der Waals surface area contributed by atoms with Crippen LogP contribution in [0.5, 0.6) is 0 Å². The van der Waals surface area contributed by atoms with Gasteiger partial charge in [0.2, 0.25) is 0 Å². The molecule has 0 bridgehead atoms. The number of carbonyl (C=O) groups is 1. The molecule has 3 heteroatoms. The molecule has 3 nitrogen and oxygen atoms in total. The summed E-state index contributed by atoms with van der Waals surface area (Å²) in [7, 11) is 0. The van der Waals surface area contributed by atoms with E-state index in [1.165, 1.54) is 0 Å². The third-order valence-electron chi connectivity index (χ3n) is 3.07. The van der Waals surface area contributed by atoms with Crippen LogP contribution in [0, 0.1) is 12.8 Å². The van der Waals surface area contributed by atoms with Gasteiger partial charge in [0.25, 0.3) is 0 Å². The van der Waals surface area contributed by atoms with Crippen LogP contribution in [0.3, 0.4) is 0 Å². The maximum absolute atomic E-state index is 10.9. The summed E-state index contributed by atoms with van der Waals surface area (Å²) in [6.07, 6.45) is 1.02. The van der Waals surface area contributed by atoms with Crippen molar-refractivity contribution in [3.63, 3.8) is 0 Å². The van der Waals surface area contributed by atoms with E-state index in [1.807, 2.05) is 13.0 Å². The standard InChI is InChI=1S/C14H21NO2/c1-5-12(9(2)3)15-13-8-11(14(16)17)7-6-10(13)4/h6-9,12,15H,5H2,1-4H3,(H,16,17). The Kier molecular flexibility index (Phi) is 4.55. The topological polar surface area (TPSA) is 49.3 Å². The number of hydrogen-bond acceptors (Lipinski definition) is 2. The van der Waals surface area contributed by atoms with Crippen molar-refractivity contribution in [2.24, 2.45) is 5.92 Å². The van der Waals surface area contributed by atoms with Gasteiger partial charge in [-0.3, -0.25) is 0 Å². The number of hydrogen-bond donors (Lipinski definition) is 2. The normalized spacial score (nSPS) is 12.5. The first-order valence-electron chi connectivity index (χ1n) is 6.06. The van der Waals surface area contributed by atoms with Crippen molar-refractivity contribution < 1.29 is 9.90 Å². The Bertz CT molecular complexity index is 399. The van der Waals surface area contributed by atoms with Gasteiger partial charge in [-0.05, 0) is 37.0 Å². The summed E-state index contributed by atoms with van der Waals surface area (Å²) < 4.78 is 0. The average molecular weight is 235 g/mol. The average Bonchev–Trinajstić information content (AvgIpc) is 2.27. The van der Waals surface area contributed by atoms with Crippen molar-refractivity contribution >= 4 is 11.7 Å². The van der Waals surface area contributed by atoms with Crippen LogP contribution in [0.2, 0.25) is 0 Å². The van der Waals surface area contributed by atoms with Crippen LogP contribution in [0.1, 0.15) is 43.1 Å². The molecule has 0 saturated carbocycles. The molecule has 1 atom stereocenters. The zero-order valence-corrected chi connectivity index (χ0v) is 10.9. The largest absolute Gasteiger partial charge is 0.478 e. The summed E-state index contributed by atoms with van der Waals surface area (Å²) in [5.41, 5.74) is 2.33. The molecule has 0 spiro atoms. The zero-order valence-electron chi connectivity index (χ0n) is 10.9. The summed E-state index contributed by atoms with van der Waals surface area (Å²) in [4.78, 5) is 10.9. The Morgan fingerprint density at radius 3 is 2.53 bits per heavy atom. The summed E-state index contributed by atoms with van der Waals surface area (Å²) in [5, 5.41) is 12.4. The third kappa shape index (κ3) is 3.48. The molecular formula is C14H21NO2. The molecule has 0 aromatic heterocycles. The monoisotopic (exact) mass is 235 g/mol. The van der Waals surface area contributed by atoms with Crippen molar-refractivity contribution in [3.05, 3.63) is 29.3 Å². The van der Waals surface area contributed by atoms with E-state index < -0.39 is 5.97 Å². The number of carboxylic acid groups (broad SMARTS) is 1. The van der Waals surface area contributed by atoms with Crippen molar-refractivity contribution in [1.82, 2.24) is 0 Å². The van der Waals surface area contributed by atoms with E-state index in [-0.39, 0.29) is 0 Å². The van der Waals surface area contributed by atoms with Gasteiger partial charge in [0.1, 0.15) is 0 Å². The first-order valence-corrected chi connectivity index (χ1v) is 6.06. The molecular weight excluding hydrogens is 214 g/mol. The zero-order chi connectivity index (χ0) is 13.0. The predicted octanol–water partition coefficient (Wildman–Crippen LogP) is 3.54. The molecule has 0 aliphatic heterocycles. The van der Waals surface area contributed by atoms with E-state index in [1.54, 1.807) is 12.1 Å². The highest BCUT2D eigenvalue weighted by Crippen LogP contribution is 2.21. The first-order chi connectivity index (χ1) is 7.95. The van der Waals surface area contributed by atoms with Crippen LogP contribution < -0.4 is 5.32 Å². The van der Waals surface area contributed by atoms with Crippen LogP contribution in [-0.2, 0) is 0 Å². The minimum absolute atomic E-state index is 0.330. The second kappa shape index (κ2) is 5.71. The highest BCUT2D eigenvalue weighted by molar-refractivity contribution is 5.89. The molecule has 1 unspecified atom stereocenters. The van der Waals surface area contributed by atoms with Gasteiger partial charge >= 0.3 is 5.97 Å². The predicted molar refractivity (Wildman–Crippen MR) is 70.7 cm³/mol. The van der Waals surface area contributed by atoms with Gasteiger partial charge in [0.15, 0.2) is 0 Å². The molecule has 1 aromatic carbocycles. The van der Waals surface area contributed by atoms with Crippen molar-refractivity contribution in [1.29, 1.82) is 0 Å².